The lowest BCUT2D eigenvalue weighted by molar-refractivity contribution is 0.350. The fourth-order valence-electron chi connectivity index (χ4n) is 0.585. The van der Waals surface area contributed by atoms with Gasteiger partial charge in [-0.3, -0.25) is 0 Å². The molecule has 0 amide bonds. The van der Waals surface area contributed by atoms with Gasteiger partial charge in [0.05, 0.1) is 5.92 Å². The first kappa shape index (κ1) is 10.1. The van der Waals surface area contributed by atoms with Crippen LogP contribution in [0.2, 0.25) is 0 Å². The molecular weight excluding hydrogens is 136 g/mol. The van der Waals surface area contributed by atoms with E-state index in [9.17, 15) is 0 Å². The summed E-state index contributed by atoms with van der Waals surface area (Å²) in [5.74, 6) is 11.5. The van der Waals surface area contributed by atoms with Crippen molar-refractivity contribution < 1.29 is 5.11 Å². The van der Waals surface area contributed by atoms with Crippen LogP contribution in [0.25, 0.3) is 0 Å². The van der Waals surface area contributed by atoms with Gasteiger partial charge >= 0.3 is 0 Å². The molecule has 0 rings (SSSR count). The third kappa shape index (κ3) is 6.97. The molecule has 11 heavy (non-hydrogen) atoms. The molecule has 0 aromatic heterocycles. The third-order valence-electron chi connectivity index (χ3n) is 1.09. The molecule has 0 saturated heterocycles. The van der Waals surface area contributed by atoms with E-state index in [2.05, 4.69) is 30.6 Å². The van der Waals surface area contributed by atoms with Gasteiger partial charge in [0.2, 0.25) is 0 Å². The summed E-state index contributed by atoms with van der Waals surface area (Å²) >= 11 is 0. The van der Waals surface area contributed by atoms with Crippen LogP contribution >= 0.6 is 0 Å². The van der Waals surface area contributed by atoms with Crippen LogP contribution in [0.4, 0.5) is 0 Å². The highest BCUT2D eigenvalue weighted by atomic mass is 16.2. The van der Waals surface area contributed by atoms with E-state index in [1.165, 1.54) is 0 Å². The van der Waals surface area contributed by atoms with Gasteiger partial charge in [-0.15, -0.1) is 5.92 Å². The van der Waals surface area contributed by atoms with Crippen LogP contribution < -0.4 is 0 Å². The largest absolute Gasteiger partial charge is 0.384 e. The Morgan fingerprint density at radius 1 is 1.27 bits per heavy atom. The Labute approximate surface area is 68.8 Å². The van der Waals surface area contributed by atoms with Gasteiger partial charge in [0.15, 0.2) is 0 Å². The number of hydrogen-bond acceptors (Lipinski definition) is 1. The van der Waals surface area contributed by atoms with Gasteiger partial charge in [-0.2, -0.15) is 0 Å². The fraction of sp³-hybridized carbons (Fsp3) is 0.600. The summed E-state index contributed by atoms with van der Waals surface area (Å²) in [6.07, 6.45) is 2.03. The predicted molar refractivity (Wildman–Crippen MR) is 46.7 cm³/mol. The lowest BCUT2D eigenvalue weighted by Crippen LogP contribution is -1.84. The van der Waals surface area contributed by atoms with Gasteiger partial charge in [-0.25, -0.2) is 0 Å². The van der Waals surface area contributed by atoms with Crippen LogP contribution in [0.5, 0.6) is 0 Å². The molecule has 1 nitrogen and oxygen atoms in total. The second kappa shape index (κ2) is 7.19. The Morgan fingerprint density at radius 3 is 2.45 bits per heavy atom. The van der Waals surface area contributed by atoms with Crippen LogP contribution in [0.1, 0.15) is 26.7 Å². The summed E-state index contributed by atoms with van der Waals surface area (Å²) in [5, 5.41) is 8.36. The van der Waals surface area contributed by atoms with Gasteiger partial charge in [0.1, 0.15) is 6.61 Å². The average molecular weight is 150 g/mol. The first-order valence-electron chi connectivity index (χ1n) is 3.89. The standard InChI is InChI=1S/C10H14O/c1-3-4-5-7-10(2)8-6-9-11/h10-11H,3-4,9H2,1-2H3. The molecule has 1 heteroatoms. The van der Waals surface area contributed by atoms with Crippen molar-refractivity contribution in [1.82, 2.24) is 0 Å². The van der Waals surface area contributed by atoms with Crippen LogP contribution in [0.15, 0.2) is 0 Å². The summed E-state index contributed by atoms with van der Waals surface area (Å²) in [4.78, 5) is 0. The molecule has 0 aliphatic carbocycles. The molecule has 0 aliphatic heterocycles. The highest BCUT2D eigenvalue weighted by Crippen LogP contribution is 1.89. The van der Waals surface area contributed by atoms with Crippen molar-refractivity contribution >= 4 is 0 Å². The molecule has 1 atom stereocenters. The zero-order valence-electron chi connectivity index (χ0n) is 7.15. The first-order chi connectivity index (χ1) is 5.31. The molecule has 0 saturated carbocycles. The molecule has 0 aliphatic rings. The number of unbranched alkanes of at least 4 members (excludes halogenated alkanes) is 1. The summed E-state index contributed by atoms with van der Waals surface area (Å²) in [6, 6.07) is 0. The number of aliphatic hydroxyl groups excluding tert-OH is 1. The first-order valence-corrected chi connectivity index (χ1v) is 3.89. The summed E-state index contributed by atoms with van der Waals surface area (Å²) in [6.45, 7) is 3.96. The van der Waals surface area contributed by atoms with E-state index in [1.54, 1.807) is 0 Å². The normalized spacial score (nSPS) is 10.5. The molecule has 60 valence electrons. The van der Waals surface area contributed by atoms with E-state index in [1.807, 2.05) is 6.92 Å². The van der Waals surface area contributed by atoms with E-state index < -0.39 is 0 Å². The zero-order chi connectivity index (χ0) is 8.53. The lowest BCUT2D eigenvalue weighted by atomic mass is 10.2. The maximum atomic E-state index is 8.36. The summed E-state index contributed by atoms with van der Waals surface area (Å²) in [7, 11) is 0. The molecule has 0 spiro atoms. The summed E-state index contributed by atoms with van der Waals surface area (Å²) in [5.41, 5.74) is 0. The van der Waals surface area contributed by atoms with Crippen molar-refractivity contribution in [3.8, 4) is 23.7 Å². The van der Waals surface area contributed by atoms with E-state index in [0.29, 0.717) is 0 Å². The topological polar surface area (TPSA) is 20.2 Å². The van der Waals surface area contributed by atoms with E-state index >= 15 is 0 Å². The van der Waals surface area contributed by atoms with Crippen LogP contribution in [0, 0.1) is 29.6 Å². The lowest BCUT2D eigenvalue weighted by Gasteiger charge is -1.87. The number of rotatable bonds is 1. The molecular formula is C10H14O. The molecule has 0 fully saturated rings. The Hall–Kier alpha value is -0.920. The van der Waals surface area contributed by atoms with Crippen LogP contribution in [-0.4, -0.2) is 11.7 Å². The minimum Gasteiger partial charge on any atom is -0.384 e. The van der Waals surface area contributed by atoms with Gasteiger partial charge in [0, 0.05) is 6.42 Å². The van der Waals surface area contributed by atoms with E-state index in [4.69, 9.17) is 5.11 Å². The molecule has 0 bridgehead atoms. The highest BCUT2D eigenvalue weighted by Gasteiger charge is 1.85. The number of hydrogen-bond donors (Lipinski definition) is 1. The van der Waals surface area contributed by atoms with Crippen molar-refractivity contribution in [2.75, 3.05) is 6.61 Å². The molecule has 0 heterocycles. The van der Waals surface area contributed by atoms with Gasteiger partial charge < -0.3 is 5.11 Å². The third-order valence-corrected chi connectivity index (χ3v) is 1.09. The zero-order valence-corrected chi connectivity index (χ0v) is 7.15. The van der Waals surface area contributed by atoms with Gasteiger partial charge in [-0.05, 0) is 13.3 Å². The Kier molecular flexibility index (Phi) is 6.59. The average Bonchev–Trinajstić information content (AvgIpc) is 2.01. The maximum absolute atomic E-state index is 8.36. The van der Waals surface area contributed by atoms with E-state index in [-0.39, 0.29) is 12.5 Å². The molecule has 1 N–H and O–H groups in total. The molecule has 0 radical (unpaired) electrons. The quantitative estimate of drug-likeness (QED) is 0.560. The molecule has 1 unspecified atom stereocenters. The van der Waals surface area contributed by atoms with Crippen molar-refractivity contribution in [2.45, 2.75) is 26.7 Å². The maximum Gasteiger partial charge on any atom is 0.104 e. The van der Waals surface area contributed by atoms with Crippen LogP contribution in [0.3, 0.4) is 0 Å². The SMILES string of the molecule is CCCC#CC(C)C#CCO. The van der Waals surface area contributed by atoms with Crippen molar-refractivity contribution in [1.29, 1.82) is 0 Å². The minimum atomic E-state index is -0.0696. The highest BCUT2D eigenvalue weighted by molar-refractivity contribution is 5.16. The van der Waals surface area contributed by atoms with Crippen molar-refractivity contribution in [2.24, 2.45) is 5.92 Å². The monoisotopic (exact) mass is 150 g/mol. The Bertz CT molecular complexity index is 196. The second-order valence-electron chi connectivity index (χ2n) is 2.27. The predicted octanol–water partition coefficient (Wildman–Crippen LogP) is 1.42. The van der Waals surface area contributed by atoms with Crippen molar-refractivity contribution in [3.63, 3.8) is 0 Å². The van der Waals surface area contributed by atoms with Gasteiger partial charge in [0.25, 0.3) is 0 Å². The van der Waals surface area contributed by atoms with E-state index in [0.717, 1.165) is 12.8 Å². The Balaban J connectivity index is 3.69. The number of aliphatic hydroxyl groups is 1. The molecule has 0 aromatic rings. The fourth-order valence-corrected chi connectivity index (χ4v) is 0.585. The minimum absolute atomic E-state index is 0.0696. The second-order valence-corrected chi connectivity index (χ2v) is 2.27. The van der Waals surface area contributed by atoms with Crippen molar-refractivity contribution in [3.05, 3.63) is 0 Å². The van der Waals surface area contributed by atoms with Gasteiger partial charge in [-0.1, -0.05) is 24.7 Å². The Morgan fingerprint density at radius 2 is 1.91 bits per heavy atom. The van der Waals surface area contributed by atoms with Crippen LogP contribution in [-0.2, 0) is 0 Å². The summed E-state index contributed by atoms with van der Waals surface area (Å²) < 4.78 is 0. The molecule has 0 aromatic carbocycles. The smallest absolute Gasteiger partial charge is 0.104 e.